The summed E-state index contributed by atoms with van der Waals surface area (Å²) in [6.45, 7) is 2.18. The van der Waals surface area contributed by atoms with E-state index in [-0.39, 0.29) is 15.6 Å². The average Bonchev–Trinajstić information content (AvgIpc) is 3.51. The molecule has 0 spiro atoms. The van der Waals surface area contributed by atoms with Gasteiger partial charge in [0.2, 0.25) is 0 Å². The summed E-state index contributed by atoms with van der Waals surface area (Å²) in [5, 5.41) is 26.7. The molecule has 2 heterocycles. The predicted molar refractivity (Wildman–Crippen MR) is 106 cm³/mol. The van der Waals surface area contributed by atoms with Gasteiger partial charge in [-0.2, -0.15) is 5.26 Å². The van der Waals surface area contributed by atoms with Gasteiger partial charge in [-0.05, 0) is 50.6 Å². The van der Waals surface area contributed by atoms with E-state index in [4.69, 9.17) is 22.4 Å². The molecule has 134 valence electrons. The van der Waals surface area contributed by atoms with E-state index in [1.807, 2.05) is 12.3 Å². The van der Waals surface area contributed by atoms with Crippen LogP contribution < -0.4 is 4.72 Å². The second-order valence-electron chi connectivity index (χ2n) is 7.08. The average molecular weight is 405 g/mol. The lowest BCUT2D eigenvalue weighted by molar-refractivity contribution is 0.701. The second kappa shape index (κ2) is 6.27. The number of nitrogens with one attached hydrogen (secondary N) is 3. The fraction of sp³-hybridized carbons (Fsp3) is 0.412. The first-order valence-corrected chi connectivity index (χ1v) is 10.2. The molecule has 2 aromatic heterocycles. The van der Waals surface area contributed by atoms with Crippen molar-refractivity contribution >= 4 is 51.0 Å². The van der Waals surface area contributed by atoms with Crippen molar-refractivity contribution < 1.29 is 0 Å². The molecule has 0 atom stereocenters. The van der Waals surface area contributed by atoms with E-state index >= 15 is 0 Å². The molecular formula is C17H17ClN6S2. The minimum absolute atomic E-state index is 0.192. The van der Waals surface area contributed by atoms with Crippen LogP contribution in [0, 0.1) is 27.6 Å². The standard InChI is InChI=1S/C17H17ClN6S2/c1-16(2-3-16)23-26-10-6-11(18)14-22-7-12(24(14)8-10)13(20)25-15(21)17(9-19)4-5-17/h6-8,20-21,23H,2-5H2,1H3. The Hall–Kier alpha value is -1.53. The number of thioether (sulfide) groups is 1. The highest BCUT2D eigenvalue weighted by atomic mass is 35.5. The van der Waals surface area contributed by atoms with Gasteiger partial charge in [0.15, 0.2) is 5.65 Å². The molecule has 0 saturated heterocycles. The van der Waals surface area contributed by atoms with Crippen molar-refractivity contribution in [3.63, 3.8) is 0 Å². The predicted octanol–water partition coefficient (Wildman–Crippen LogP) is 4.48. The Bertz CT molecular complexity index is 968. The number of nitrogens with zero attached hydrogens (tertiary/aromatic N) is 3. The van der Waals surface area contributed by atoms with Crippen LogP contribution in [0.1, 0.15) is 38.3 Å². The first-order chi connectivity index (χ1) is 12.4. The number of fused-ring (bicyclic) bond motifs is 1. The molecule has 3 N–H and O–H groups in total. The van der Waals surface area contributed by atoms with Crippen LogP contribution in [0.4, 0.5) is 0 Å². The molecule has 0 radical (unpaired) electrons. The molecule has 0 aliphatic heterocycles. The van der Waals surface area contributed by atoms with Crippen LogP contribution in [0.5, 0.6) is 0 Å². The summed E-state index contributed by atoms with van der Waals surface area (Å²) < 4.78 is 5.23. The van der Waals surface area contributed by atoms with Crippen molar-refractivity contribution in [1.29, 1.82) is 16.1 Å². The zero-order valence-electron chi connectivity index (χ0n) is 14.1. The fourth-order valence-electron chi connectivity index (χ4n) is 2.48. The topological polar surface area (TPSA) is 101 Å². The highest BCUT2D eigenvalue weighted by Crippen LogP contribution is 2.49. The second-order valence-corrected chi connectivity index (χ2v) is 9.39. The molecule has 6 nitrogen and oxygen atoms in total. The van der Waals surface area contributed by atoms with Gasteiger partial charge in [0, 0.05) is 16.6 Å². The highest BCUT2D eigenvalue weighted by molar-refractivity contribution is 8.26. The number of halogens is 1. The molecule has 0 aromatic carbocycles. The van der Waals surface area contributed by atoms with Crippen LogP contribution in [0.2, 0.25) is 5.02 Å². The van der Waals surface area contributed by atoms with Crippen LogP contribution in [0.15, 0.2) is 23.4 Å². The maximum atomic E-state index is 9.23. The molecule has 9 heteroatoms. The lowest BCUT2D eigenvalue weighted by atomic mass is 10.2. The van der Waals surface area contributed by atoms with Gasteiger partial charge in [-0.1, -0.05) is 23.4 Å². The van der Waals surface area contributed by atoms with Gasteiger partial charge in [0.25, 0.3) is 0 Å². The monoisotopic (exact) mass is 404 g/mol. The molecule has 2 aliphatic carbocycles. The van der Waals surface area contributed by atoms with E-state index in [2.05, 4.69) is 22.7 Å². The first kappa shape index (κ1) is 17.9. The molecule has 4 rings (SSSR count). The van der Waals surface area contributed by atoms with Gasteiger partial charge in [-0.25, -0.2) is 4.98 Å². The molecule has 2 saturated carbocycles. The SMILES string of the molecule is CC1(NSc2cc(Cl)c3ncc(C(=N)SC(=N)C4(C#N)CC4)n3c2)CC1. The largest absolute Gasteiger partial charge is 0.296 e. The number of nitriles is 1. The molecule has 0 amide bonds. The lowest BCUT2D eigenvalue weighted by Crippen LogP contribution is -2.20. The highest BCUT2D eigenvalue weighted by Gasteiger charge is 2.48. The number of imidazole rings is 1. The van der Waals surface area contributed by atoms with Crippen molar-refractivity contribution in [1.82, 2.24) is 14.1 Å². The summed E-state index contributed by atoms with van der Waals surface area (Å²) in [6.07, 6.45) is 7.23. The van der Waals surface area contributed by atoms with Crippen molar-refractivity contribution in [2.75, 3.05) is 0 Å². The fourth-order valence-corrected chi connectivity index (χ4v) is 4.61. The van der Waals surface area contributed by atoms with Gasteiger partial charge in [0.1, 0.15) is 10.5 Å². The molecule has 2 aromatic rings. The smallest absolute Gasteiger partial charge is 0.156 e. The molecule has 2 aliphatic rings. The van der Waals surface area contributed by atoms with E-state index in [1.165, 1.54) is 11.9 Å². The minimum atomic E-state index is -0.681. The van der Waals surface area contributed by atoms with Gasteiger partial charge in [-0.3, -0.25) is 19.9 Å². The van der Waals surface area contributed by atoms with E-state index in [9.17, 15) is 5.26 Å². The van der Waals surface area contributed by atoms with Crippen LogP contribution >= 0.6 is 35.3 Å². The number of rotatable bonds is 5. The quantitative estimate of drug-likeness (QED) is 0.387. The normalized spacial score (nSPS) is 19.1. The summed E-state index contributed by atoms with van der Waals surface area (Å²) in [4.78, 5) is 5.26. The Morgan fingerprint density at radius 2 is 2.12 bits per heavy atom. The third-order valence-electron chi connectivity index (χ3n) is 4.79. The summed E-state index contributed by atoms with van der Waals surface area (Å²) in [5.41, 5.74) is 0.671. The number of aromatic nitrogens is 2. The van der Waals surface area contributed by atoms with Gasteiger partial charge in [0.05, 0.1) is 28.0 Å². The molecule has 0 unspecified atom stereocenters. The van der Waals surface area contributed by atoms with Crippen LogP contribution in [-0.4, -0.2) is 25.0 Å². The van der Waals surface area contributed by atoms with Crippen molar-refractivity contribution in [3.05, 3.63) is 29.2 Å². The zero-order valence-corrected chi connectivity index (χ0v) is 16.5. The van der Waals surface area contributed by atoms with E-state index in [0.29, 0.717) is 29.2 Å². The molecule has 0 bridgehead atoms. The Labute approximate surface area is 164 Å². The van der Waals surface area contributed by atoms with Crippen molar-refractivity contribution in [2.45, 2.75) is 43.0 Å². The van der Waals surface area contributed by atoms with Crippen molar-refractivity contribution in [2.24, 2.45) is 5.41 Å². The van der Waals surface area contributed by atoms with Crippen LogP contribution in [0.3, 0.4) is 0 Å². The van der Waals surface area contributed by atoms with Crippen molar-refractivity contribution in [3.8, 4) is 6.07 Å². The number of hydrogen-bond donors (Lipinski definition) is 3. The van der Waals surface area contributed by atoms with Gasteiger partial charge in [-0.15, -0.1) is 0 Å². The maximum Gasteiger partial charge on any atom is 0.156 e. The van der Waals surface area contributed by atoms with E-state index in [0.717, 1.165) is 29.5 Å². The summed E-state index contributed by atoms with van der Waals surface area (Å²) in [5.74, 6) is 0. The zero-order chi connectivity index (χ0) is 18.5. The summed E-state index contributed by atoms with van der Waals surface area (Å²) in [6, 6.07) is 4.06. The Morgan fingerprint density at radius 1 is 1.38 bits per heavy atom. The summed E-state index contributed by atoms with van der Waals surface area (Å²) >= 11 is 8.92. The third-order valence-corrected chi connectivity index (χ3v) is 7.13. The van der Waals surface area contributed by atoms with E-state index < -0.39 is 5.41 Å². The van der Waals surface area contributed by atoms with E-state index in [1.54, 1.807) is 10.6 Å². The number of pyridine rings is 1. The Balaban J connectivity index is 1.58. The number of hydrogen-bond acceptors (Lipinski definition) is 7. The minimum Gasteiger partial charge on any atom is -0.296 e. The first-order valence-electron chi connectivity index (χ1n) is 8.24. The van der Waals surface area contributed by atoms with Crippen LogP contribution in [-0.2, 0) is 0 Å². The lowest BCUT2D eigenvalue weighted by Gasteiger charge is -2.12. The van der Waals surface area contributed by atoms with Gasteiger partial charge < -0.3 is 0 Å². The molecule has 2 fully saturated rings. The van der Waals surface area contributed by atoms with Crippen LogP contribution in [0.25, 0.3) is 5.65 Å². The Morgan fingerprint density at radius 3 is 2.73 bits per heavy atom. The van der Waals surface area contributed by atoms with Gasteiger partial charge >= 0.3 is 0 Å². The Kier molecular flexibility index (Phi) is 4.31. The maximum absolute atomic E-state index is 9.23. The third kappa shape index (κ3) is 3.25. The molecular weight excluding hydrogens is 388 g/mol. The molecule has 26 heavy (non-hydrogen) atoms. The summed E-state index contributed by atoms with van der Waals surface area (Å²) in [7, 11) is 0.